The van der Waals surface area contributed by atoms with Gasteiger partial charge in [-0.2, -0.15) is 5.01 Å². The van der Waals surface area contributed by atoms with E-state index >= 15 is 0 Å². The maximum absolute atomic E-state index is 12.7. The average molecular weight is 351 g/mol. The van der Waals surface area contributed by atoms with Crippen molar-refractivity contribution in [3.63, 3.8) is 0 Å². The van der Waals surface area contributed by atoms with Crippen LogP contribution in [0, 0.1) is 0 Å². The van der Waals surface area contributed by atoms with Crippen LogP contribution in [0.5, 0.6) is 0 Å². The topological polar surface area (TPSA) is 66.5 Å². The molecule has 0 atom stereocenters. The number of imide groups is 1. The molecule has 3 aromatic rings. The molecular formula is C19H11ClN2O3. The van der Waals surface area contributed by atoms with E-state index in [2.05, 4.69) is 5.43 Å². The molecule has 0 aromatic heterocycles. The highest BCUT2D eigenvalue weighted by Crippen LogP contribution is 2.29. The van der Waals surface area contributed by atoms with Crippen LogP contribution in [0.15, 0.2) is 60.7 Å². The predicted molar refractivity (Wildman–Crippen MR) is 93.4 cm³/mol. The lowest BCUT2D eigenvalue weighted by Crippen LogP contribution is -2.51. The molecule has 25 heavy (non-hydrogen) atoms. The smallest absolute Gasteiger partial charge is 0.267 e. The Morgan fingerprint density at radius 1 is 0.840 bits per heavy atom. The average Bonchev–Trinajstić information content (AvgIpc) is 2.63. The minimum Gasteiger partial charge on any atom is -0.267 e. The van der Waals surface area contributed by atoms with Gasteiger partial charge in [-0.1, -0.05) is 48.0 Å². The van der Waals surface area contributed by atoms with Crippen LogP contribution in [0.2, 0.25) is 5.02 Å². The fourth-order valence-electron chi connectivity index (χ4n) is 2.94. The summed E-state index contributed by atoms with van der Waals surface area (Å²) in [6, 6.07) is 16.8. The molecule has 3 aromatic carbocycles. The van der Waals surface area contributed by atoms with E-state index in [9.17, 15) is 14.4 Å². The highest BCUT2D eigenvalue weighted by atomic mass is 35.5. The van der Waals surface area contributed by atoms with Crippen LogP contribution >= 0.6 is 11.6 Å². The van der Waals surface area contributed by atoms with E-state index < -0.39 is 17.7 Å². The number of amides is 3. The van der Waals surface area contributed by atoms with Crippen LogP contribution in [0.4, 0.5) is 0 Å². The summed E-state index contributed by atoms with van der Waals surface area (Å²) in [6.45, 7) is 0. The molecule has 0 saturated heterocycles. The minimum atomic E-state index is -0.626. The molecular weight excluding hydrogens is 340 g/mol. The van der Waals surface area contributed by atoms with E-state index in [-0.39, 0.29) is 10.6 Å². The minimum absolute atomic E-state index is 0.182. The lowest BCUT2D eigenvalue weighted by atomic mass is 9.95. The Morgan fingerprint density at radius 3 is 2.04 bits per heavy atom. The normalized spacial score (nSPS) is 13.2. The molecule has 0 saturated carbocycles. The maximum atomic E-state index is 12.7. The third-order valence-electron chi connectivity index (χ3n) is 4.10. The Morgan fingerprint density at radius 2 is 1.44 bits per heavy atom. The van der Waals surface area contributed by atoms with Gasteiger partial charge in [-0.15, -0.1) is 0 Å². The van der Waals surface area contributed by atoms with E-state index in [4.69, 9.17) is 11.6 Å². The molecule has 0 bridgehead atoms. The molecule has 0 aliphatic carbocycles. The third-order valence-corrected chi connectivity index (χ3v) is 4.43. The standard InChI is InChI=1S/C19H11ClN2O3/c20-15-10-2-1-7-12(15)17(23)21-22-18(24)13-8-3-5-11-6-4-9-14(16(11)13)19(22)25/h1-10H,(H,21,23). The van der Waals surface area contributed by atoms with Crippen LogP contribution in [-0.2, 0) is 0 Å². The number of hydrogen-bond donors (Lipinski definition) is 1. The van der Waals surface area contributed by atoms with E-state index in [1.165, 1.54) is 6.07 Å². The molecule has 0 fully saturated rings. The Labute approximate surface area is 147 Å². The van der Waals surface area contributed by atoms with Crippen LogP contribution in [0.1, 0.15) is 31.1 Å². The molecule has 1 aliphatic heterocycles. The van der Waals surface area contributed by atoms with Crippen molar-refractivity contribution < 1.29 is 14.4 Å². The lowest BCUT2D eigenvalue weighted by Gasteiger charge is -2.27. The highest BCUT2D eigenvalue weighted by molar-refractivity contribution is 6.34. The molecule has 6 heteroatoms. The Bertz CT molecular complexity index is 1010. The first kappa shape index (κ1) is 15.4. The quantitative estimate of drug-likeness (QED) is 0.720. The summed E-state index contributed by atoms with van der Waals surface area (Å²) in [6.07, 6.45) is 0. The zero-order valence-corrected chi connectivity index (χ0v) is 13.6. The molecule has 3 amide bonds. The summed E-state index contributed by atoms with van der Waals surface area (Å²) >= 11 is 6.01. The van der Waals surface area contributed by atoms with Crippen LogP contribution in [-0.4, -0.2) is 22.7 Å². The fraction of sp³-hybridized carbons (Fsp3) is 0. The Balaban J connectivity index is 1.76. The van der Waals surface area contributed by atoms with Gasteiger partial charge in [0.2, 0.25) is 0 Å². The van der Waals surface area contributed by atoms with Gasteiger partial charge >= 0.3 is 0 Å². The van der Waals surface area contributed by atoms with Gasteiger partial charge in [-0.3, -0.25) is 19.8 Å². The zero-order chi connectivity index (χ0) is 17.6. The van der Waals surface area contributed by atoms with Gasteiger partial charge < -0.3 is 0 Å². The van der Waals surface area contributed by atoms with E-state index in [0.717, 1.165) is 10.4 Å². The van der Waals surface area contributed by atoms with Crippen molar-refractivity contribution >= 4 is 40.1 Å². The molecule has 1 N–H and O–H groups in total. The van der Waals surface area contributed by atoms with Gasteiger partial charge in [0.1, 0.15) is 0 Å². The van der Waals surface area contributed by atoms with Gasteiger partial charge in [-0.25, -0.2) is 0 Å². The van der Waals surface area contributed by atoms with E-state index in [0.29, 0.717) is 16.5 Å². The van der Waals surface area contributed by atoms with E-state index in [1.54, 1.807) is 42.5 Å². The maximum Gasteiger partial charge on any atom is 0.280 e. The number of halogens is 1. The van der Waals surface area contributed by atoms with Gasteiger partial charge in [-0.05, 0) is 29.7 Å². The van der Waals surface area contributed by atoms with E-state index in [1.807, 2.05) is 12.1 Å². The summed E-state index contributed by atoms with van der Waals surface area (Å²) < 4.78 is 0. The largest absolute Gasteiger partial charge is 0.280 e. The number of hydrazine groups is 1. The fourth-order valence-corrected chi connectivity index (χ4v) is 3.16. The number of rotatable bonds is 2. The van der Waals surface area contributed by atoms with Crippen molar-refractivity contribution in [2.75, 3.05) is 0 Å². The summed E-state index contributed by atoms with van der Waals surface area (Å²) in [7, 11) is 0. The lowest BCUT2D eigenvalue weighted by molar-refractivity contribution is 0.0479. The van der Waals surface area contributed by atoms with Crippen LogP contribution in [0.3, 0.4) is 0 Å². The second-order valence-electron chi connectivity index (χ2n) is 5.58. The summed E-state index contributed by atoms with van der Waals surface area (Å²) in [5.74, 6) is -1.77. The second-order valence-corrected chi connectivity index (χ2v) is 5.98. The Hall–Kier alpha value is -3.18. The molecule has 122 valence electrons. The van der Waals surface area contributed by atoms with Crippen molar-refractivity contribution in [3.8, 4) is 0 Å². The number of nitrogens with zero attached hydrogens (tertiary/aromatic N) is 1. The SMILES string of the molecule is O=C(NN1C(=O)c2cccc3cccc(c23)C1=O)c1ccccc1Cl. The van der Waals surface area contributed by atoms with Crippen molar-refractivity contribution in [1.82, 2.24) is 10.4 Å². The number of carbonyl (C=O) groups excluding carboxylic acids is 3. The van der Waals surface area contributed by atoms with Crippen molar-refractivity contribution in [1.29, 1.82) is 0 Å². The number of carbonyl (C=O) groups is 3. The molecule has 5 nitrogen and oxygen atoms in total. The first-order valence-corrected chi connectivity index (χ1v) is 7.92. The van der Waals surface area contributed by atoms with Crippen LogP contribution < -0.4 is 5.43 Å². The van der Waals surface area contributed by atoms with Crippen molar-refractivity contribution in [3.05, 3.63) is 82.4 Å². The number of nitrogens with one attached hydrogen (secondary N) is 1. The molecule has 0 radical (unpaired) electrons. The molecule has 0 spiro atoms. The third kappa shape index (κ3) is 2.37. The predicted octanol–water partition coefficient (Wildman–Crippen LogP) is 3.43. The number of hydrogen-bond acceptors (Lipinski definition) is 3. The van der Waals surface area contributed by atoms with Gasteiger partial charge in [0.25, 0.3) is 17.7 Å². The Kier molecular flexibility index (Phi) is 3.51. The zero-order valence-electron chi connectivity index (χ0n) is 12.8. The summed E-state index contributed by atoms with van der Waals surface area (Å²) in [5.41, 5.74) is 3.29. The first-order chi connectivity index (χ1) is 12.1. The van der Waals surface area contributed by atoms with Gasteiger partial charge in [0, 0.05) is 5.39 Å². The number of benzene rings is 3. The van der Waals surface area contributed by atoms with Crippen molar-refractivity contribution in [2.45, 2.75) is 0 Å². The highest BCUT2D eigenvalue weighted by Gasteiger charge is 2.34. The summed E-state index contributed by atoms with van der Waals surface area (Å²) in [4.78, 5) is 37.9. The molecule has 4 rings (SSSR count). The summed E-state index contributed by atoms with van der Waals surface area (Å²) in [5, 5.41) is 2.37. The molecule has 0 unspecified atom stereocenters. The van der Waals surface area contributed by atoms with Gasteiger partial charge in [0.15, 0.2) is 0 Å². The monoisotopic (exact) mass is 350 g/mol. The molecule has 1 aliphatic rings. The second kappa shape index (κ2) is 5.72. The first-order valence-electron chi connectivity index (χ1n) is 7.54. The van der Waals surface area contributed by atoms with Gasteiger partial charge in [0.05, 0.1) is 21.7 Å². The van der Waals surface area contributed by atoms with Crippen LogP contribution in [0.25, 0.3) is 10.8 Å². The van der Waals surface area contributed by atoms with Crippen molar-refractivity contribution in [2.24, 2.45) is 0 Å². The molecule has 1 heterocycles.